The zero-order valence-electron chi connectivity index (χ0n) is 19.4. The third-order valence-corrected chi connectivity index (χ3v) is 5.43. The second-order valence-corrected chi connectivity index (χ2v) is 8.14. The molecule has 2 aromatic carbocycles. The summed E-state index contributed by atoms with van der Waals surface area (Å²) in [6.07, 6.45) is -4.49. The number of nitrogens with one attached hydrogen (secondary N) is 2. The molecule has 3 N–H and O–H groups in total. The number of likely N-dealkylation sites (N-methyl/N-ethyl adjacent to an activating group) is 1. The van der Waals surface area contributed by atoms with E-state index in [2.05, 4.69) is 15.4 Å². The second-order valence-electron chi connectivity index (χ2n) is 8.14. The Kier molecular flexibility index (Phi) is 10.1. The molecule has 3 rings (SSSR count). The first-order valence-electron chi connectivity index (χ1n) is 10.7. The molecule has 14 heteroatoms. The van der Waals surface area contributed by atoms with Crippen LogP contribution in [-0.2, 0) is 14.4 Å². The molecule has 38 heavy (non-hydrogen) atoms. The molecular weight excluding hydrogens is 525 g/mol. The Bertz CT molecular complexity index is 1280. The van der Waals surface area contributed by atoms with Crippen LogP contribution in [0.25, 0.3) is 11.1 Å². The number of carboxylic acids is 1. The van der Waals surface area contributed by atoms with E-state index in [4.69, 9.17) is 0 Å². The number of nitrogens with zero attached hydrogens (tertiary/aromatic N) is 1. The molecule has 198 valence electrons. The molecule has 0 fully saturated rings. The summed E-state index contributed by atoms with van der Waals surface area (Å²) in [5.41, 5.74) is 0.558. The van der Waals surface area contributed by atoms with Crippen molar-refractivity contribution in [3.8, 4) is 16.9 Å². The van der Waals surface area contributed by atoms with Crippen LogP contribution in [0.5, 0.6) is 5.75 Å². The van der Waals surface area contributed by atoms with Gasteiger partial charge in [0.15, 0.2) is 11.8 Å². The molecule has 0 saturated carbocycles. The van der Waals surface area contributed by atoms with Crippen molar-refractivity contribution in [1.82, 2.24) is 15.5 Å². The van der Waals surface area contributed by atoms with Crippen LogP contribution in [0, 0.1) is 5.82 Å². The number of hydrogen-bond acceptors (Lipinski definition) is 5. The minimum atomic E-state index is -4.94. The summed E-state index contributed by atoms with van der Waals surface area (Å²) >= 11 is 0. The first-order chi connectivity index (χ1) is 17.2. The van der Waals surface area contributed by atoms with Crippen LogP contribution in [-0.4, -0.2) is 82.7 Å². The number of alkyl halides is 3. The summed E-state index contributed by atoms with van der Waals surface area (Å²) in [7, 11) is 1.41. The summed E-state index contributed by atoms with van der Waals surface area (Å²) in [4.78, 5) is 49.8. The van der Waals surface area contributed by atoms with Gasteiger partial charge in [-0.15, -0.1) is 13.2 Å². The molecule has 0 spiro atoms. The number of benzene rings is 2. The number of carbonyl (C=O) groups excluding carboxylic acids is 3. The van der Waals surface area contributed by atoms with Crippen molar-refractivity contribution in [2.24, 2.45) is 0 Å². The van der Waals surface area contributed by atoms with Crippen molar-refractivity contribution in [2.75, 3.05) is 7.05 Å². The zero-order chi connectivity index (χ0) is 27.5. The number of ether oxygens (including phenoxy) is 1. The number of allylic oxidation sites excluding steroid dienone is 1. The van der Waals surface area contributed by atoms with Crippen molar-refractivity contribution in [3.05, 3.63) is 65.6 Å². The number of halogens is 4. The van der Waals surface area contributed by atoms with Crippen LogP contribution in [0.1, 0.15) is 24.9 Å². The van der Waals surface area contributed by atoms with E-state index in [1.165, 1.54) is 32.2 Å². The molecule has 0 aliphatic carbocycles. The number of ketones is 1. The molecule has 0 radical (unpaired) electrons. The molecule has 9 nitrogen and oxygen atoms in total. The topological polar surface area (TPSA) is 125 Å². The van der Waals surface area contributed by atoms with E-state index in [1.54, 1.807) is 0 Å². The average molecular weight is 547 g/mol. The third kappa shape index (κ3) is 8.04. The predicted molar refractivity (Wildman–Crippen MR) is 128 cm³/mol. The van der Waals surface area contributed by atoms with Gasteiger partial charge in [0.05, 0.1) is 12.5 Å². The summed E-state index contributed by atoms with van der Waals surface area (Å²) in [6, 6.07) is 4.04. The van der Waals surface area contributed by atoms with E-state index >= 15 is 0 Å². The Morgan fingerprint density at radius 1 is 1.13 bits per heavy atom. The summed E-state index contributed by atoms with van der Waals surface area (Å²) in [5.74, 6) is -4.15. The molecule has 1 aliphatic rings. The van der Waals surface area contributed by atoms with E-state index in [1.807, 2.05) is 0 Å². The van der Waals surface area contributed by atoms with E-state index in [0.29, 0.717) is 5.70 Å². The normalized spacial score (nSPS) is 16.2. The van der Waals surface area contributed by atoms with E-state index in [0.717, 1.165) is 35.2 Å². The van der Waals surface area contributed by atoms with Crippen LogP contribution in [0.4, 0.5) is 22.4 Å². The van der Waals surface area contributed by atoms with Gasteiger partial charge in [-0.2, -0.15) is 0 Å². The Morgan fingerprint density at radius 3 is 2.45 bits per heavy atom. The van der Waals surface area contributed by atoms with Gasteiger partial charge in [-0.05, 0) is 53.9 Å². The number of carboxylic acid groups (broad SMARTS) is 1. The van der Waals surface area contributed by atoms with Crippen molar-refractivity contribution in [1.29, 1.82) is 0 Å². The van der Waals surface area contributed by atoms with E-state index < -0.39 is 60.1 Å². The number of aliphatic carboxylic acids is 1. The maximum atomic E-state index is 14.5. The second kappa shape index (κ2) is 12.4. The molecule has 1 aliphatic heterocycles. The maximum absolute atomic E-state index is 14.5. The zero-order valence-corrected chi connectivity index (χ0v) is 19.4. The van der Waals surface area contributed by atoms with Gasteiger partial charge in [0.1, 0.15) is 11.6 Å². The molecule has 2 atom stereocenters. The molecule has 0 bridgehead atoms. The summed E-state index contributed by atoms with van der Waals surface area (Å²) < 4.78 is 56.1. The van der Waals surface area contributed by atoms with Gasteiger partial charge in [0, 0.05) is 18.8 Å². The van der Waals surface area contributed by atoms with Crippen molar-refractivity contribution >= 4 is 53.2 Å². The molecular formula is C24H22F4N3NaO6. The quantitative estimate of drug-likeness (QED) is 0.278. The standard InChI is InChI=1S/C24H21F4N3O6.Na.H/c1-12-6-19(32)21(22(35)31(12)2)30-23(36)29-18(11-20(33)34)15-7-14(8-16(25)9-15)13-4-3-5-17(10-13)37-24(26,27)28;;/h3-10,18,21H,11H2,1-2H3,(H,33,34)(H2,29,30,36);;/t18-,21?;;/m0../s1. The van der Waals surface area contributed by atoms with Crippen molar-refractivity contribution in [2.45, 2.75) is 31.8 Å². The van der Waals surface area contributed by atoms with E-state index in [9.17, 15) is 41.8 Å². The van der Waals surface area contributed by atoms with Gasteiger partial charge >= 0.3 is 47.9 Å². The Morgan fingerprint density at radius 2 is 1.82 bits per heavy atom. The van der Waals surface area contributed by atoms with Crippen LogP contribution in [0.15, 0.2) is 54.2 Å². The van der Waals surface area contributed by atoms with E-state index in [-0.39, 0.29) is 46.2 Å². The Balaban J connectivity index is 0.00000507. The monoisotopic (exact) mass is 547 g/mol. The van der Waals surface area contributed by atoms with Gasteiger partial charge in [-0.25, -0.2) is 9.18 Å². The first-order valence-corrected chi connectivity index (χ1v) is 10.7. The van der Waals surface area contributed by atoms with Crippen LogP contribution < -0.4 is 15.4 Å². The molecule has 1 heterocycles. The molecule has 0 aromatic heterocycles. The fourth-order valence-corrected chi connectivity index (χ4v) is 3.62. The molecule has 1 unspecified atom stereocenters. The van der Waals surface area contributed by atoms with Gasteiger partial charge in [-0.1, -0.05) is 12.1 Å². The SMILES string of the molecule is CC1=CC(=O)C(NC(=O)N[C@@H](CC(=O)O)c2cc(F)cc(-c3cccc(OC(F)(F)F)c3)c2)C(=O)N1C.[NaH]. The van der Waals surface area contributed by atoms with Crippen LogP contribution in [0.3, 0.4) is 0 Å². The summed E-state index contributed by atoms with van der Waals surface area (Å²) in [5, 5.41) is 13.8. The van der Waals surface area contributed by atoms with Crippen molar-refractivity contribution in [3.63, 3.8) is 0 Å². The fraction of sp³-hybridized carbons (Fsp3) is 0.250. The number of hydrogen-bond donors (Lipinski definition) is 3. The number of carbonyl (C=O) groups is 4. The van der Waals surface area contributed by atoms with Gasteiger partial charge in [0.2, 0.25) is 0 Å². The fourth-order valence-electron chi connectivity index (χ4n) is 3.62. The molecule has 0 saturated heterocycles. The number of urea groups is 1. The van der Waals surface area contributed by atoms with Gasteiger partial charge in [-0.3, -0.25) is 14.4 Å². The number of rotatable bonds is 7. The predicted octanol–water partition coefficient (Wildman–Crippen LogP) is 2.87. The van der Waals surface area contributed by atoms with Gasteiger partial charge < -0.3 is 25.4 Å². The summed E-state index contributed by atoms with van der Waals surface area (Å²) in [6.45, 7) is 1.53. The minimum absolute atomic E-state index is 0. The molecule has 2 aromatic rings. The number of amides is 3. The molecule has 3 amide bonds. The third-order valence-electron chi connectivity index (χ3n) is 5.43. The first kappa shape index (κ1) is 30.8. The van der Waals surface area contributed by atoms with Crippen LogP contribution in [0.2, 0.25) is 0 Å². The van der Waals surface area contributed by atoms with Crippen LogP contribution >= 0.6 is 0 Å². The Hall–Kier alpha value is -3.42. The van der Waals surface area contributed by atoms with Crippen molar-refractivity contribution < 1.29 is 46.6 Å². The Labute approximate surface area is 236 Å². The van der Waals surface area contributed by atoms with Gasteiger partial charge in [0.25, 0.3) is 5.91 Å². The average Bonchev–Trinajstić information content (AvgIpc) is 2.78.